The highest BCUT2D eigenvalue weighted by atomic mass is 19.1. The Bertz CT molecular complexity index is 405. The molecule has 0 radical (unpaired) electrons. The highest BCUT2D eigenvalue weighted by Crippen LogP contribution is 2.22. The zero-order valence-corrected chi connectivity index (χ0v) is 8.57. The second kappa shape index (κ2) is 4.44. The minimum Gasteiger partial charge on any atom is -0.381 e. The van der Waals surface area contributed by atoms with Crippen LogP contribution in [0, 0.1) is 15.9 Å². The van der Waals surface area contributed by atoms with E-state index in [-0.39, 0.29) is 6.04 Å². The van der Waals surface area contributed by atoms with Crippen molar-refractivity contribution in [3.8, 4) is 0 Å². The van der Waals surface area contributed by atoms with Crippen molar-refractivity contribution in [2.45, 2.75) is 12.5 Å². The van der Waals surface area contributed by atoms with Crippen molar-refractivity contribution in [2.24, 2.45) is 0 Å². The number of nitrogens with zero attached hydrogens (tertiary/aromatic N) is 1. The fourth-order valence-electron chi connectivity index (χ4n) is 1.76. The molecule has 1 heterocycles. The minimum absolute atomic E-state index is 0.255. The van der Waals surface area contributed by atoms with Crippen LogP contribution >= 0.6 is 0 Å². The van der Waals surface area contributed by atoms with Crippen LogP contribution in [0.25, 0.3) is 0 Å². The van der Waals surface area contributed by atoms with Crippen molar-refractivity contribution in [2.75, 3.05) is 18.4 Å². The van der Waals surface area contributed by atoms with Crippen molar-refractivity contribution in [1.82, 2.24) is 5.32 Å². The van der Waals surface area contributed by atoms with E-state index in [0.717, 1.165) is 25.6 Å². The molecule has 0 bridgehead atoms. The van der Waals surface area contributed by atoms with Gasteiger partial charge in [0, 0.05) is 24.3 Å². The fraction of sp³-hybridized carbons (Fsp3) is 0.400. The average molecular weight is 225 g/mol. The number of rotatable bonds is 3. The first-order valence-corrected chi connectivity index (χ1v) is 5.08. The van der Waals surface area contributed by atoms with Crippen LogP contribution in [-0.2, 0) is 0 Å². The molecule has 86 valence electrons. The summed E-state index contributed by atoms with van der Waals surface area (Å²) >= 11 is 0. The van der Waals surface area contributed by atoms with Crippen LogP contribution in [0.15, 0.2) is 18.2 Å². The van der Waals surface area contributed by atoms with Crippen molar-refractivity contribution in [3.05, 3.63) is 34.1 Å². The monoisotopic (exact) mass is 225 g/mol. The molecule has 5 nitrogen and oxygen atoms in total. The topological polar surface area (TPSA) is 67.2 Å². The van der Waals surface area contributed by atoms with Gasteiger partial charge in [0.05, 0.1) is 4.92 Å². The summed E-state index contributed by atoms with van der Waals surface area (Å²) in [4.78, 5) is 9.82. The van der Waals surface area contributed by atoms with E-state index in [9.17, 15) is 14.5 Å². The molecule has 1 aromatic carbocycles. The molecule has 1 aromatic rings. The highest BCUT2D eigenvalue weighted by molar-refractivity contribution is 5.52. The zero-order valence-electron chi connectivity index (χ0n) is 8.57. The van der Waals surface area contributed by atoms with E-state index in [4.69, 9.17) is 0 Å². The molecule has 0 amide bonds. The van der Waals surface area contributed by atoms with Gasteiger partial charge in [-0.25, -0.2) is 0 Å². The van der Waals surface area contributed by atoms with Gasteiger partial charge in [-0.15, -0.1) is 0 Å². The van der Waals surface area contributed by atoms with E-state index in [2.05, 4.69) is 10.6 Å². The number of hydrogen-bond donors (Lipinski definition) is 2. The second-order valence-corrected chi connectivity index (χ2v) is 3.76. The molecule has 0 spiro atoms. The van der Waals surface area contributed by atoms with E-state index < -0.39 is 16.4 Å². The SMILES string of the molecule is O=[N+]([O-])c1cc(NC2CCNC2)ccc1F. The van der Waals surface area contributed by atoms with Gasteiger partial charge in [0.2, 0.25) is 5.82 Å². The van der Waals surface area contributed by atoms with Crippen LogP contribution in [0.2, 0.25) is 0 Å². The lowest BCUT2D eigenvalue weighted by atomic mass is 10.2. The molecule has 1 saturated heterocycles. The van der Waals surface area contributed by atoms with E-state index in [1.54, 1.807) is 0 Å². The number of nitro benzene ring substituents is 1. The first kappa shape index (κ1) is 10.8. The Balaban J connectivity index is 2.15. The summed E-state index contributed by atoms with van der Waals surface area (Å²) in [5, 5.41) is 16.8. The smallest absolute Gasteiger partial charge is 0.306 e. The van der Waals surface area contributed by atoms with Gasteiger partial charge in [0.1, 0.15) is 0 Å². The Kier molecular flexibility index (Phi) is 3.00. The number of halogens is 1. The largest absolute Gasteiger partial charge is 0.381 e. The summed E-state index contributed by atoms with van der Waals surface area (Å²) in [6, 6.07) is 4.11. The van der Waals surface area contributed by atoms with Gasteiger partial charge in [-0.2, -0.15) is 4.39 Å². The lowest BCUT2D eigenvalue weighted by Gasteiger charge is -2.12. The molecular formula is C10H12FN3O2. The summed E-state index contributed by atoms with van der Waals surface area (Å²) in [5.41, 5.74) is 0.0951. The summed E-state index contributed by atoms with van der Waals surface area (Å²) < 4.78 is 13.1. The average Bonchev–Trinajstić information content (AvgIpc) is 2.73. The summed E-state index contributed by atoms with van der Waals surface area (Å²) in [7, 11) is 0. The molecule has 16 heavy (non-hydrogen) atoms. The van der Waals surface area contributed by atoms with Gasteiger partial charge in [-0.3, -0.25) is 10.1 Å². The third kappa shape index (κ3) is 2.27. The standard InChI is InChI=1S/C10H12FN3O2/c11-9-2-1-7(5-10(9)14(15)16)13-8-3-4-12-6-8/h1-2,5,8,12-13H,3-4,6H2. The van der Waals surface area contributed by atoms with Crippen molar-refractivity contribution >= 4 is 11.4 Å². The van der Waals surface area contributed by atoms with Crippen LogP contribution in [0.4, 0.5) is 15.8 Å². The van der Waals surface area contributed by atoms with Crippen molar-refractivity contribution < 1.29 is 9.31 Å². The molecule has 1 aliphatic heterocycles. The molecular weight excluding hydrogens is 213 g/mol. The lowest BCUT2D eigenvalue weighted by molar-refractivity contribution is -0.387. The van der Waals surface area contributed by atoms with Gasteiger partial charge in [-0.05, 0) is 25.1 Å². The predicted molar refractivity (Wildman–Crippen MR) is 58.0 cm³/mol. The van der Waals surface area contributed by atoms with Crippen LogP contribution in [0.1, 0.15) is 6.42 Å². The van der Waals surface area contributed by atoms with Gasteiger partial charge >= 0.3 is 5.69 Å². The van der Waals surface area contributed by atoms with E-state index in [1.165, 1.54) is 12.1 Å². The first-order valence-electron chi connectivity index (χ1n) is 5.08. The quantitative estimate of drug-likeness (QED) is 0.604. The normalized spacial score (nSPS) is 19.7. The Labute approximate surface area is 91.8 Å². The maximum atomic E-state index is 13.1. The van der Waals surface area contributed by atoms with E-state index in [1.807, 2.05) is 0 Å². The Hall–Kier alpha value is -1.69. The lowest BCUT2D eigenvalue weighted by Crippen LogP contribution is -2.22. The molecule has 2 rings (SSSR count). The predicted octanol–water partition coefficient (Wildman–Crippen LogP) is 1.51. The maximum Gasteiger partial charge on any atom is 0.306 e. The van der Waals surface area contributed by atoms with Crippen LogP contribution in [0.5, 0.6) is 0 Å². The summed E-state index contributed by atoms with van der Waals surface area (Å²) in [5.74, 6) is -0.805. The summed E-state index contributed by atoms with van der Waals surface area (Å²) in [6.45, 7) is 1.76. The Morgan fingerprint density at radius 3 is 3.00 bits per heavy atom. The molecule has 2 N–H and O–H groups in total. The third-order valence-electron chi connectivity index (χ3n) is 2.57. The highest BCUT2D eigenvalue weighted by Gasteiger charge is 2.17. The zero-order chi connectivity index (χ0) is 11.5. The van der Waals surface area contributed by atoms with Crippen LogP contribution in [0.3, 0.4) is 0 Å². The molecule has 0 aliphatic carbocycles. The molecule has 0 aromatic heterocycles. The Morgan fingerprint density at radius 1 is 1.56 bits per heavy atom. The fourth-order valence-corrected chi connectivity index (χ4v) is 1.76. The molecule has 1 atom stereocenters. The van der Waals surface area contributed by atoms with Gasteiger partial charge in [0.25, 0.3) is 0 Å². The minimum atomic E-state index is -0.805. The first-order chi connectivity index (χ1) is 7.66. The van der Waals surface area contributed by atoms with E-state index in [0.29, 0.717) is 5.69 Å². The van der Waals surface area contributed by atoms with Gasteiger partial charge in [0.15, 0.2) is 0 Å². The molecule has 6 heteroatoms. The molecule has 1 unspecified atom stereocenters. The van der Waals surface area contributed by atoms with Crippen molar-refractivity contribution in [1.29, 1.82) is 0 Å². The molecule has 0 saturated carbocycles. The van der Waals surface area contributed by atoms with E-state index >= 15 is 0 Å². The van der Waals surface area contributed by atoms with Crippen LogP contribution in [-0.4, -0.2) is 24.1 Å². The maximum absolute atomic E-state index is 13.1. The van der Waals surface area contributed by atoms with Gasteiger partial charge in [-0.1, -0.05) is 0 Å². The van der Waals surface area contributed by atoms with Crippen LogP contribution < -0.4 is 10.6 Å². The van der Waals surface area contributed by atoms with Gasteiger partial charge < -0.3 is 10.6 Å². The number of benzene rings is 1. The number of anilines is 1. The molecule has 1 aliphatic rings. The Morgan fingerprint density at radius 2 is 2.38 bits per heavy atom. The molecule has 1 fully saturated rings. The van der Waals surface area contributed by atoms with Crippen molar-refractivity contribution in [3.63, 3.8) is 0 Å². The summed E-state index contributed by atoms with van der Waals surface area (Å²) in [6.07, 6.45) is 0.963. The number of nitro groups is 1. The second-order valence-electron chi connectivity index (χ2n) is 3.76. The number of nitrogens with one attached hydrogen (secondary N) is 2. The number of hydrogen-bond acceptors (Lipinski definition) is 4. The third-order valence-corrected chi connectivity index (χ3v) is 2.57.